The number of nitrogens with zero attached hydrogens (tertiary/aromatic N) is 3. The van der Waals surface area contributed by atoms with Crippen molar-refractivity contribution in [1.82, 2.24) is 31.9 Å². The van der Waals surface area contributed by atoms with Crippen LogP contribution in [0.3, 0.4) is 0 Å². The first kappa shape index (κ1) is 52.0. The van der Waals surface area contributed by atoms with Crippen molar-refractivity contribution in [2.45, 2.75) is 95.0 Å². The van der Waals surface area contributed by atoms with Crippen LogP contribution in [0.1, 0.15) is 58.8 Å². The van der Waals surface area contributed by atoms with Crippen LogP contribution >= 0.6 is 0 Å². The summed E-state index contributed by atoms with van der Waals surface area (Å²) in [4.78, 5) is 101. The van der Waals surface area contributed by atoms with Gasteiger partial charge in [0.1, 0.15) is 30.2 Å². The van der Waals surface area contributed by atoms with Crippen LogP contribution in [-0.2, 0) is 33.6 Å². The molecule has 0 bridgehead atoms. The Labute approximate surface area is 335 Å². The molecule has 0 aliphatic rings. The Kier molecular flexibility index (Phi) is 25.4. The van der Waals surface area contributed by atoms with E-state index in [1.807, 2.05) is 0 Å². The van der Waals surface area contributed by atoms with E-state index < -0.39 is 97.4 Å². The van der Waals surface area contributed by atoms with Gasteiger partial charge in [-0.1, -0.05) is 13.8 Å². The predicted molar refractivity (Wildman–Crippen MR) is 212 cm³/mol. The molecule has 330 valence electrons. The van der Waals surface area contributed by atoms with E-state index in [2.05, 4.69) is 46.9 Å². The third kappa shape index (κ3) is 23.1. The number of amides is 6. The number of guanidine groups is 3. The minimum atomic E-state index is -1.61. The van der Waals surface area contributed by atoms with Gasteiger partial charge in [-0.15, -0.1) is 0 Å². The number of aliphatic imine (C=N–C) groups is 3. The first-order chi connectivity index (χ1) is 27.2. The van der Waals surface area contributed by atoms with Gasteiger partial charge in [0.15, 0.2) is 17.9 Å². The van der Waals surface area contributed by atoms with Gasteiger partial charge in [-0.3, -0.25) is 43.7 Å². The number of carboxylic acids is 1. The van der Waals surface area contributed by atoms with Gasteiger partial charge >= 0.3 is 5.97 Å². The lowest BCUT2D eigenvalue weighted by Gasteiger charge is -2.26. The molecule has 26 heteroatoms. The number of hydrogen-bond donors (Lipinski definition) is 16. The molecule has 0 aromatic rings. The molecule has 0 saturated carbocycles. The van der Waals surface area contributed by atoms with Gasteiger partial charge < -0.3 is 87.4 Å². The molecule has 6 amide bonds. The maximum atomic E-state index is 13.6. The van der Waals surface area contributed by atoms with E-state index in [0.717, 1.165) is 0 Å². The minimum absolute atomic E-state index is 0.0266. The monoisotopic (exact) mass is 830 g/mol. The molecule has 58 heavy (non-hydrogen) atoms. The van der Waals surface area contributed by atoms with E-state index in [-0.39, 0.29) is 82.0 Å². The number of nitrogens with one attached hydrogen (secondary N) is 6. The second-order valence-electron chi connectivity index (χ2n) is 13.4. The summed E-state index contributed by atoms with van der Waals surface area (Å²) in [6.07, 6.45) is 0.752. The van der Waals surface area contributed by atoms with E-state index >= 15 is 0 Å². The summed E-state index contributed by atoms with van der Waals surface area (Å²) in [6, 6.07) is -8.19. The Morgan fingerprint density at radius 3 is 1.40 bits per heavy atom. The van der Waals surface area contributed by atoms with Crippen LogP contribution in [-0.4, -0.2) is 150 Å². The smallest absolute Gasteiger partial charge is 0.326 e. The molecule has 0 aromatic carbocycles. The largest absolute Gasteiger partial charge is 0.480 e. The van der Waals surface area contributed by atoms with Gasteiger partial charge in [0.05, 0.1) is 25.8 Å². The summed E-state index contributed by atoms with van der Waals surface area (Å²) >= 11 is 0. The van der Waals surface area contributed by atoms with E-state index in [9.17, 15) is 48.9 Å². The molecular formula is C32H62N16O10. The highest BCUT2D eigenvalue weighted by molar-refractivity contribution is 5.96. The zero-order chi connectivity index (χ0) is 44.4. The first-order valence-corrected chi connectivity index (χ1v) is 18.4. The van der Waals surface area contributed by atoms with Crippen molar-refractivity contribution < 1.29 is 48.9 Å². The number of aliphatic hydroxyl groups is 2. The summed E-state index contributed by atoms with van der Waals surface area (Å²) in [6.45, 7) is 1.37. The Balaban J connectivity index is 5.76. The molecule has 0 fully saturated rings. The number of rotatable bonds is 29. The number of nitrogens with two attached hydrogens (primary N) is 7. The normalized spacial score (nSPS) is 13.8. The van der Waals surface area contributed by atoms with E-state index in [4.69, 9.17) is 40.1 Å². The quantitative estimate of drug-likeness (QED) is 0.0189. The Morgan fingerprint density at radius 2 is 0.931 bits per heavy atom. The second kappa shape index (κ2) is 28.4. The van der Waals surface area contributed by atoms with Crippen LogP contribution in [0.25, 0.3) is 0 Å². The van der Waals surface area contributed by atoms with Crippen molar-refractivity contribution in [3.05, 3.63) is 0 Å². The number of carbonyl (C=O) groups excluding carboxylic acids is 6. The van der Waals surface area contributed by atoms with Gasteiger partial charge in [-0.05, 0) is 50.9 Å². The number of carboxylic acid groups (broad SMARTS) is 1. The van der Waals surface area contributed by atoms with Crippen LogP contribution in [0.2, 0.25) is 0 Å². The molecule has 0 heterocycles. The fourth-order valence-electron chi connectivity index (χ4n) is 4.91. The summed E-state index contributed by atoms with van der Waals surface area (Å²) in [7, 11) is 0. The highest BCUT2D eigenvalue weighted by Crippen LogP contribution is 2.08. The average Bonchev–Trinajstić information content (AvgIpc) is 3.14. The van der Waals surface area contributed by atoms with E-state index in [0.29, 0.717) is 6.42 Å². The van der Waals surface area contributed by atoms with Gasteiger partial charge in [0.2, 0.25) is 35.4 Å². The lowest BCUT2D eigenvalue weighted by Crippen LogP contribution is -2.59. The predicted octanol–water partition coefficient (Wildman–Crippen LogP) is -7.87. The zero-order valence-electron chi connectivity index (χ0n) is 32.8. The molecule has 23 N–H and O–H groups in total. The second-order valence-corrected chi connectivity index (χ2v) is 13.4. The molecular weight excluding hydrogens is 768 g/mol. The number of aliphatic hydroxyl groups excluding tert-OH is 2. The van der Waals surface area contributed by atoms with E-state index in [1.165, 1.54) is 0 Å². The Morgan fingerprint density at radius 1 is 0.534 bits per heavy atom. The molecule has 0 aliphatic carbocycles. The topological polar surface area (TPSA) is 472 Å². The first-order valence-electron chi connectivity index (χ1n) is 18.4. The van der Waals surface area contributed by atoms with Crippen molar-refractivity contribution in [2.75, 3.05) is 39.4 Å². The van der Waals surface area contributed by atoms with Crippen molar-refractivity contribution in [1.29, 1.82) is 0 Å². The third-order valence-electron chi connectivity index (χ3n) is 7.86. The van der Waals surface area contributed by atoms with Crippen molar-refractivity contribution in [3.8, 4) is 0 Å². The van der Waals surface area contributed by atoms with Crippen LogP contribution in [0.5, 0.6) is 0 Å². The molecule has 6 atom stereocenters. The van der Waals surface area contributed by atoms with Crippen molar-refractivity contribution in [2.24, 2.45) is 61.0 Å². The SMILES string of the molecule is CC(C)C[C@H](NC(=O)[C@H](CCCN=C(N)N)NC(=O)CNC(=O)[C@H](CO)NC(=O)[C@@H](N)CCCN=C(N)N)C(=O)N[C@@H](CO)C(=O)N[C@@H](CCCN=C(N)N)C(=O)O. The molecule has 0 spiro atoms. The van der Waals surface area contributed by atoms with Crippen molar-refractivity contribution in [3.63, 3.8) is 0 Å². The maximum absolute atomic E-state index is 13.6. The summed E-state index contributed by atoms with van der Waals surface area (Å²) in [5, 5.41) is 43.3. The molecule has 0 rings (SSSR count). The third-order valence-corrected chi connectivity index (χ3v) is 7.86. The standard InChI is InChI=1S/C32H62N16O10/c1-16(2)12-20(27(55)48-22(15-50)28(56)45-19(29(57)58)8-5-11-42-32(38)39)46-26(54)18(7-4-10-41-31(36)37)44-23(51)13-43-25(53)21(14-49)47-24(52)17(33)6-3-9-40-30(34)35/h16-22,49-50H,3-15,33H2,1-2H3,(H,43,53)(H,44,51)(H,45,56)(H,46,54)(H,47,52)(H,48,55)(H,57,58)(H4,34,35,40)(H4,36,37,41)(H4,38,39,42)/t17-,18-,19-,20-,21-,22-/m0/s1. The molecule has 0 aliphatic heterocycles. The van der Waals surface area contributed by atoms with Crippen LogP contribution in [0.15, 0.2) is 15.0 Å². The summed E-state index contributed by atoms with van der Waals surface area (Å²) in [5.41, 5.74) is 37.6. The summed E-state index contributed by atoms with van der Waals surface area (Å²) in [5.74, 6) is -7.47. The van der Waals surface area contributed by atoms with Gasteiger partial charge in [-0.2, -0.15) is 0 Å². The number of hydrogen-bond acceptors (Lipinski definition) is 13. The lowest BCUT2D eigenvalue weighted by molar-refractivity contribution is -0.142. The highest BCUT2D eigenvalue weighted by Gasteiger charge is 2.32. The molecule has 0 unspecified atom stereocenters. The fraction of sp³-hybridized carbons (Fsp3) is 0.688. The lowest BCUT2D eigenvalue weighted by atomic mass is 10.0. The highest BCUT2D eigenvalue weighted by atomic mass is 16.4. The maximum Gasteiger partial charge on any atom is 0.326 e. The molecule has 0 saturated heterocycles. The van der Waals surface area contributed by atoms with Crippen molar-refractivity contribution >= 4 is 59.3 Å². The zero-order valence-corrected chi connectivity index (χ0v) is 32.8. The molecule has 26 nitrogen and oxygen atoms in total. The van der Waals surface area contributed by atoms with Gasteiger partial charge in [0.25, 0.3) is 0 Å². The minimum Gasteiger partial charge on any atom is -0.480 e. The Bertz CT molecular complexity index is 1450. The molecule has 0 radical (unpaired) electrons. The van der Waals surface area contributed by atoms with Gasteiger partial charge in [0, 0.05) is 19.6 Å². The van der Waals surface area contributed by atoms with Crippen LogP contribution in [0, 0.1) is 5.92 Å². The number of aliphatic carboxylic acids is 1. The summed E-state index contributed by atoms with van der Waals surface area (Å²) < 4.78 is 0. The molecule has 0 aromatic heterocycles. The average molecular weight is 831 g/mol. The van der Waals surface area contributed by atoms with Crippen LogP contribution in [0.4, 0.5) is 0 Å². The van der Waals surface area contributed by atoms with E-state index in [1.54, 1.807) is 13.8 Å². The fourth-order valence-corrected chi connectivity index (χ4v) is 4.91. The number of carbonyl (C=O) groups is 7. The van der Waals surface area contributed by atoms with Crippen LogP contribution < -0.4 is 72.0 Å². The van der Waals surface area contributed by atoms with Gasteiger partial charge in [-0.25, -0.2) is 4.79 Å². The Hall–Kier alpha value is -6.02.